The summed E-state index contributed by atoms with van der Waals surface area (Å²) >= 11 is 5.21. The number of alkyl halides is 2. The SMILES string of the molecule is CCOC(=O)c1c(O)c2cc(F)c(F)c(OC(F)F)c2n(C2CC2)c1=S. The summed E-state index contributed by atoms with van der Waals surface area (Å²) in [6, 6.07) is 0.290. The molecule has 1 fully saturated rings. The van der Waals surface area contributed by atoms with Crippen molar-refractivity contribution in [3.05, 3.63) is 27.9 Å². The first kappa shape index (κ1) is 18.4. The number of carbonyl (C=O) groups is 1. The number of fused-ring (bicyclic) bond motifs is 1. The van der Waals surface area contributed by atoms with Gasteiger partial charge >= 0.3 is 12.6 Å². The maximum atomic E-state index is 14.1. The van der Waals surface area contributed by atoms with Gasteiger partial charge in [0.05, 0.1) is 12.1 Å². The number of benzene rings is 1. The molecular weight excluding hydrogens is 378 g/mol. The second-order valence-corrected chi connectivity index (χ2v) is 6.01. The Bertz CT molecular complexity index is 956. The molecule has 0 amide bonds. The van der Waals surface area contributed by atoms with Crippen LogP contribution in [0.5, 0.6) is 11.5 Å². The Labute approximate surface area is 149 Å². The van der Waals surface area contributed by atoms with Crippen molar-refractivity contribution < 1.29 is 36.9 Å². The van der Waals surface area contributed by atoms with Gasteiger partial charge in [0.15, 0.2) is 11.6 Å². The van der Waals surface area contributed by atoms with Crippen LogP contribution in [0.15, 0.2) is 6.07 Å². The topological polar surface area (TPSA) is 60.7 Å². The highest BCUT2D eigenvalue weighted by molar-refractivity contribution is 7.71. The molecule has 3 rings (SSSR count). The van der Waals surface area contributed by atoms with Crippen molar-refractivity contribution in [1.82, 2.24) is 4.57 Å². The first-order valence-electron chi connectivity index (χ1n) is 7.69. The molecule has 1 heterocycles. The number of esters is 1. The largest absolute Gasteiger partial charge is 0.506 e. The zero-order valence-corrected chi connectivity index (χ0v) is 14.2. The molecule has 0 unspecified atom stereocenters. The molecule has 5 nitrogen and oxygen atoms in total. The van der Waals surface area contributed by atoms with Crippen LogP contribution in [0, 0.1) is 16.3 Å². The third-order valence-electron chi connectivity index (χ3n) is 3.91. The Hall–Kier alpha value is -2.36. The summed E-state index contributed by atoms with van der Waals surface area (Å²) in [5.74, 6) is -5.95. The standard InChI is InChI=1S/C16H13F4NO4S/c1-2-24-15(23)9-12(22)7-5-8(17)10(18)13(25-16(19)20)11(7)21(14(9)26)6-3-4-6/h5-6,16,22H,2-4H2,1H3. The maximum Gasteiger partial charge on any atom is 0.387 e. The van der Waals surface area contributed by atoms with Crippen LogP contribution >= 0.6 is 12.2 Å². The van der Waals surface area contributed by atoms with Gasteiger partial charge in [0.1, 0.15) is 16.0 Å². The quantitative estimate of drug-likeness (QED) is 0.463. The summed E-state index contributed by atoms with van der Waals surface area (Å²) in [5, 5.41) is 10.0. The van der Waals surface area contributed by atoms with E-state index in [1.807, 2.05) is 0 Å². The molecule has 10 heteroatoms. The Kier molecular flexibility index (Phi) is 4.78. The van der Waals surface area contributed by atoms with Crippen molar-refractivity contribution in [1.29, 1.82) is 0 Å². The molecule has 0 bridgehead atoms. The van der Waals surface area contributed by atoms with E-state index >= 15 is 0 Å². The Morgan fingerprint density at radius 2 is 2.08 bits per heavy atom. The fraction of sp³-hybridized carbons (Fsp3) is 0.375. The summed E-state index contributed by atoms with van der Waals surface area (Å²) in [6.45, 7) is -1.90. The van der Waals surface area contributed by atoms with E-state index in [4.69, 9.17) is 17.0 Å². The van der Waals surface area contributed by atoms with Crippen molar-refractivity contribution in [2.75, 3.05) is 6.61 Å². The lowest BCUT2D eigenvalue weighted by molar-refractivity contribution is -0.0516. The minimum Gasteiger partial charge on any atom is -0.506 e. The fourth-order valence-corrected chi connectivity index (χ4v) is 3.16. The van der Waals surface area contributed by atoms with E-state index in [9.17, 15) is 27.5 Å². The van der Waals surface area contributed by atoms with Gasteiger partial charge in [0.2, 0.25) is 5.82 Å². The molecule has 1 aromatic carbocycles. The molecule has 1 saturated carbocycles. The molecule has 0 saturated heterocycles. The highest BCUT2D eigenvalue weighted by Gasteiger charge is 2.33. The van der Waals surface area contributed by atoms with E-state index in [1.54, 1.807) is 0 Å². The van der Waals surface area contributed by atoms with Gasteiger partial charge in [-0.15, -0.1) is 0 Å². The lowest BCUT2D eigenvalue weighted by atomic mass is 10.1. The second-order valence-electron chi connectivity index (χ2n) is 5.63. The van der Waals surface area contributed by atoms with E-state index < -0.39 is 41.3 Å². The Morgan fingerprint density at radius 1 is 1.42 bits per heavy atom. The van der Waals surface area contributed by atoms with E-state index in [1.165, 1.54) is 11.5 Å². The molecule has 0 radical (unpaired) electrons. The summed E-state index contributed by atoms with van der Waals surface area (Å²) in [6.07, 6.45) is 1.17. The van der Waals surface area contributed by atoms with Crippen LogP contribution in [0.2, 0.25) is 0 Å². The van der Waals surface area contributed by atoms with E-state index in [2.05, 4.69) is 4.74 Å². The smallest absolute Gasteiger partial charge is 0.387 e. The molecule has 1 N–H and O–H groups in total. The van der Waals surface area contributed by atoms with Gasteiger partial charge < -0.3 is 19.1 Å². The lowest BCUT2D eigenvalue weighted by Crippen LogP contribution is -2.14. The van der Waals surface area contributed by atoms with E-state index in [0.717, 1.165) is 0 Å². The van der Waals surface area contributed by atoms with Crippen LogP contribution in [0.1, 0.15) is 36.2 Å². The zero-order valence-electron chi connectivity index (χ0n) is 13.4. The van der Waals surface area contributed by atoms with Gasteiger partial charge in [-0.1, -0.05) is 12.2 Å². The monoisotopic (exact) mass is 391 g/mol. The van der Waals surface area contributed by atoms with Crippen LogP contribution in [-0.2, 0) is 4.74 Å². The number of pyridine rings is 1. The molecule has 0 atom stereocenters. The van der Waals surface area contributed by atoms with Gasteiger partial charge in [-0.2, -0.15) is 13.2 Å². The van der Waals surface area contributed by atoms with Crippen LogP contribution in [0.25, 0.3) is 10.9 Å². The normalized spacial score (nSPS) is 14.1. The lowest BCUT2D eigenvalue weighted by Gasteiger charge is -2.19. The van der Waals surface area contributed by atoms with Crippen molar-refractivity contribution in [3.8, 4) is 11.5 Å². The Balaban J connectivity index is 2.46. The number of nitrogens with zero attached hydrogens (tertiary/aromatic N) is 1. The first-order valence-corrected chi connectivity index (χ1v) is 8.09. The van der Waals surface area contributed by atoms with Crippen LogP contribution in [0.3, 0.4) is 0 Å². The molecular formula is C16H13F4NO4S. The molecule has 1 aliphatic carbocycles. The van der Waals surface area contributed by atoms with Crippen molar-refractivity contribution in [2.24, 2.45) is 0 Å². The first-order chi connectivity index (χ1) is 12.3. The highest BCUT2D eigenvalue weighted by Crippen LogP contribution is 2.45. The van der Waals surface area contributed by atoms with Gasteiger partial charge in [-0.3, -0.25) is 0 Å². The summed E-state index contributed by atoms with van der Waals surface area (Å²) in [5.41, 5.74) is -0.738. The van der Waals surface area contributed by atoms with Gasteiger partial charge in [0, 0.05) is 11.4 Å². The number of hydrogen-bond acceptors (Lipinski definition) is 5. The molecule has 26 heavy (non-hydrogen) atoms. The third-order valence-corrected chi connectivity index (χ3v) is 4.32. The highest BCUT2D eigenvalue weighted by atomic mass is 32.1. The number of aromatic nitrogens is 1. The molecule has 1 aliphatic rings. The molecule has 140 valence electrons. The van der Waals surface area contributed by atoms with Gasteiger partial charge in [-0.05, 0) is 25.8 Å². The van der Waals surface area contributed by atoms with E-state index in [0.29, 0.717) is 18.9 Å². The minimum absolute atomic E-state index is 0.00790. The average Bonchev–Trinajstić information content (AvgIpc) is 3.38. The predicted octanol–water partition coefficient (Wildman–Crippen LogP) is 4.47. The number of ether oxygens (including phenoxy) is 2. The zero-order chi connectivity index (χ0) is 19.2. The van der Waals surface area contributed by atoms with Crippen molar-refractivity contribution in [3.63, 3.8) is 0 Å². The van der Waals surface area contributed by atoms with Crippen LogP contribution < -0.4 is 4.74 Å². The maximum absolute atomic E-state index is 14.1. The van der Waals surface area contributed by atoms with Crippen LogP contribution in [-0.4, -0.2) is 28.9 Å². The molecule has 0 spiro atoms. The second kappa shape index (κ2) is 6.75. The van der Waals surface area contributed by atoms with Crippen LogP contribution in [0.4, 0.5) is 17.6 Å². The van der Waals surface area contributed by atoms with E-state index in [-0.39, 0.29) is 28.2 Å². The Morgan fingerprint density at radius 3 is 2.62 bits per heavy atom. The summed E-state index contributed by atoms with van der Waals surface area (Å²) in [4.78, 5) is 12.2. The van der Waals surface area contributed by atoms with Gasteiger partial charge in [0.25, 0.3) is 0 Å². The number of hydrogen-bond donors (Lipinski definition) is 1. The number of aromatic hydroxyl groups is 1. The molecule has 2 aromatic rings. The minimum atomic E-state index is -3.43. The van der Waals surface area contributed by atoms with Crippen molar-refractivity contribution in [2.45, 2.75) is 32.4 Å². The predicted molar refractivity (Wildman–Crippen MR) is 85.2 cm³/mol. The molecule has 1 aromatic heterocycles. The fourth-order valence-electron chi connectivity index (χ4n) is 2.74. The summed E-state index contributed by atoms with van der Waals surface area (Å²) < 4.78 is 63.5. The third kappa shape index (κ3) is 2.98. The number of carbonyl (C=O) groups excluding carboxylic acids is 1. The van der Waals surface area contributed by atoms with Crippen molar-refractivity contribution >= 4 is 29.1 Å². The average molecular weight is 391 g/mol. The summed E-state index contributed by atoms with van der Waals surface area (Å²) in [7, 11) is 0. The van der Waals surface area contributed by atoms with Gasteiger partial charge in [-0.25, -0.2) is 9.18 Å². The number of halogens is 4. The number of rotatable bonds is 5. The molecule has 0 aliphatic heterocycles.